The molecule has 0 atom stereocenters. The molecule has 1 aromatic carbocycles. The molecular formula is C11H12OS2. The summed E-state index contributed by atoms with van der Waals surface area (Å²) in [7, 11) is 0. The zero-order valence-corrected chi connectivity index (χ0v) is 9.54. The van der Waals surface area contributed by atoms with Crippen molar-refractivity contribution in [3.63, 3.8) is 0 Å². The fraction of sp³-hybridized carbons (Fsp3) is 0.364. The van der Waals surface area contributed by atoms with Gasteiger partial charge in [0.2, 0.25) is 0 Å². The highest BCUT2D eigenvalue weighted by atomic mass is 32.2. The summed E-state index contributed by atoms with van der Waals surface area (Å²) in [5.74, 6) is 1.62. The highest BCUT2D eigenvalue weighted by Crippen LogP contribution is 2.30. The number of carbonyl (C=O) groups excluding carboxylic acids is 1. The molecule has 0 amide bonds. The van der Waals surface area contributed by atoms with E-state index in [0.717, 1.165) is 12.0 Å². The normalized spacial score (nSPS) is 14.9. The van der Waals surface area contributed by atoms with Crippen molar-refractivity contribution in [2.45, 2.75) is 17.7 Å². The Hall–Kier alpha value is -0.410. The van der Waals surface area contributed by atoms with Gasteiger partial charge in [-0.05, 0) is 36.3 Å². The first kappa shape index (κ1) is 10.1. The van der Waals surface area contributed by atoms with Crippen LogP contribution in [-0.4, -0.2) is 17.3 Å². The average Bonchev–Trinajstić information content (AvgIpc) is 2.27. The third kappa shape index (κ3) is 1.98. The Morgan fingerprint density at radius 1 is 1.50 bits per heavy atom. The quantitative estimate of drug-likeness (QED) is 0.614. The molecule has 0 fully saturated rings. The van der Waals surface area contributed by atoms with Gasteiger partial charge in [-0.15, -0.1) is 11.8 Å². The van der Waals surface area contributed by atoms with Crippen LogP contribution in [0.5, 0.6) is 0 Å². The molecule has 0 N–H and O–H groups in total. The second-order valence-electron chi connectivity index (χ2n) is 3.36. The lowest BCUT2D eigenvalue weighted by Crippen LogP contribution is -2.04. The molecule has 0 saturated heterocycles. The summed E-state index contributed by atoms with van der Waals surface area (Å²) in [4.78, 5) is 12.8. The van der Waals surface area contributed by atoms with E-state index in [4.69, 9.17) is 0 Å². The van der Waals surface area contributed by atoms with Crippen LogP contribution in [0.1, 0.15) is 22.3 Å². The molecule has 0 unspecified atom stereocenters. The second-order valence-corrected chi connectivity index (χ2v) is 4.81. The van der Waals surface area contributed by atoms with E-state index >= 15 is 0 Å². The summed E-state index contributed by atoms with van der Waals surface area (Å²) in [6.45, 7) is 0. The van der Waals surface area contributed by atoms with Crippen molar-refractivity contribution >= 4 is 30.2 Å². The first-order valence-corrected chi connectivity index (χ1v) is 6.33. The van der Waals surface area contributed by atoms with E-state index in [2.05, 4.69) is 18.7 Å². The monoisotopic (exact) mass is 224 g/mol. The van der Waals surface area contributed by atoms with E-state index in [0.29, 0.717) is 5.75 Å². The fourth-order valence-electron chi connectivity index (χ4n) is 1.63. The Morgan fingerprint density at radius 3 is 3.14 bits per heavy atom. The Labute approximate surface area is 93.7 Å². The summed E-state index contributed by atoms with van der Waals surface area (Å²) in [6.07, 6.45) is 2.33. The zero-order valence-electron chi connectivity index (χ0n) is 7.82. The Balaban J connectivity index is 2.33. The largest absolute Gasteiger partial charge is 0.293 e. The lowest BCUT2D eigenvalue weighted by molar-refractivity contribution is 0.102. The van der Waals surface area contributed by atoms with Gasteiger partial charge in [-0.2, -0.15) is 12.6 Å². The van der Waals surface area contributed by atoms with Crippen molar-refractivity contribution < 1.29 is 4.79 Å². The number of hydrogen-bond acceptors (Lipinski definition) is 3. The third-order valence-electron chi connectivity index (χ3n) is 2.37. The van der Waals surface area contributed by atoms with Gasteiger partial charge in [-0.25, -0.2) is 0 Å². The lowest BCUT2D eigenvalue weighted by Gasteiger charge is -2.15. The van der Waals surface area contributed by atoms with E-state index in [1.807, 2.05) is 23.9 Å². The number of rotatable bonds is 2. The molecule has 1 aliphatic rings. The maximum Gasteiger partial charge on any atom is 0.172 e. The van der Waals surface area contributed by atoms with Crippen molar-refractivity contribution in [1.82, 2.24) is 0 Å². The predicted molar refractivity (Wildman–Crippen MR) is 63.7 cm³/mol. The van der Waals surface area contributed by atoms with Gasteiger partial charge in [0.1, 0.15) is 0 Å². The zero-order chi connectivity index (χ0) is 9.97. The molecule has 74 valence electrons. The predicted octanol–water partition coefficient (Wildman–Crippen LogP) is 2.84. The number of carbonyl (C=O) groups is 1. The van der Waals surface area contributed by atoms with Gasteiger partial charge in [0.25, 0.3) is 0 Å². The van der Waals surface area contributed by atoms with Gasteiger partial charge in [0, 0.05) is 10.5 Å². The van der Waals surface area contributed by atoms with Crippen molar-refractivity contribution in [2.75, 3.05) is 11.5 Å². The molecular weight excluding hydrogens is 212 g/mol. The number of thioether (sulfide) groups is 1. The van der Waals surface area contributed by atoms with Crippen molar-refractivity contribution in [3.05, 3.63) is 29.3 Å². The summed E-state index contributed by atoms with van der Waals surface area (Å²) >= 11 is 5.88. The molecule has 2 rings (SSSR count). The minimum atomic E-state index is 0.117. The summed E-state index contributed by atoms with van der Waals surface area (Å²) < 4.78 is 0. The van der Waals surface area contributed by atoms with Crippen LogP contribution in [0.25, 0.3) is 0 Å². The van der Waals surface area contributed by atoms with E-state index in [1.165, 1.54) is 22.6 Å². The van der Waals surface area contributed by atoms with Gasteiger partial charge >= 0.3 is 0 Å². The van der Waals surface area contributed by atoms with E-state index in [9.17, 15) is 4.79 Å². The number of hydrogen-bond donors (Lipinski definition) is 1. The van der Waals surface area contributed by atoms with Gasteiger partial charge in [-0.1, -0.05) is 6.07 Å². The van der Waals surface area contributed by atoms with Crippen LogP contribution >= 0.6 is 24.4 Å². The van der Waals surface area contributed by atoms with Crippen molar-refractivity contribution in [1.29, 1.82) is 0 Å². The number of benzene rings is 1. The molecule has 1 heterocycles. The SMILES string of the molecule is O=C(CS)c1ccc2c(c1)CCCS2. The lowest BCUT2D eigenvalue weighted by atomic mass is 10.0. The number of thiol groups is 1. The average molecular weight is 224 g/mol. The van der Waals surface area contributed by atoms with Crippen molar-refractivity contribution in [2.24, 2.45) is 0 Å². The molecule has 1 nitrogen and oxygen atoms in total. The topological polar surface area (TPSA) is 17.1 Å². The molecule has 0 spiro atoms. The number of ketones is 1. The molecule has 0 aliphatic carbocycles. The Bertz CT molecular complexity index is 360. The Morgan fingerprint density at radius 2 is 2.36 bits per heavy atom. The molecule has 0 aromatic heterocycles. The minimum absolute atomic E-state index is 0.117. The molecule has 3 heteroatoms. The fourth-order valence-corrected chi connectivity index (χ4v) is 2.83. The van der Waals surface area contributed by atoms with Crippen LogP contribution in [0.2, 0.25) is 0 Å². The number of Topliss-reactive ketones (excluding diaryl/α,β-unsaturated/α-hetero) is 1. The summed E-state index contributed by atoms with van der Waals surface area (Å²) in [5.41, 5.74) is 2.13. The van der Waals surface area contributed by atoms with Crippen molar-refractivity contribution in [3.8, 4) is 0 Å². The van der Waals surface area contributed by atoms with Crippen LogP contribution < -0.4 is 0 Å². The highest BCUT2D eigenvalue weighted by Gasteiger charge is 2.12. The van der Waals surface area contributed by atoms with E-state index < -0.39 is 0 Å². The standard InChI is InChI=1S/C11H12OS2/c12-10(7-13)8-3-4-11-9(6-8)2-1-5-14-11/h3-4,6,13H,1-2,5,7H2. The minimum Gasteiger partial charge on any atom is -0.293 e. The molecule has 0 radical (unpaired) electrons. The maximum absolute atomic E-state index is 11.4. The van der Waals surface area contributed by atoms with Crippen LogP contribution in [0, 0.1) is 0 Å². The van der Waals surface area contributed by atoms with Gasteiger partial charge in [0.15, 0.2) is 5.78 Å². The molecule has 1 aliphatic heterocycles. The van der Waals surface area contributed by atoms with Gasteiger partial charge < -0.3 is 0 Å². The van der Waals surface area contributed by atoms with Crippen LogP contribution in [0.15, 0.2) is 23.1 Å². The van der Waals surface area contributed by atoms with E-state index in [-0.39, 0.29) is 5.78 Å². The maximum atomic E-state index is 11.4. The first-order valence-electron chi connectivity index (χ1n) is 4.71. The second kappa shape index (κ2) is 4.41. The molecule has 0 bridgehead atoms. The molecule has 1 aromatic rings. The smallest absolute Gasteiger partial charge is 0.172 e. The number of fused-ring (bicyclic) bond motifs is 1. The molecule has 14 heavy (non-hydrogen) atoms. The first-order chi connectivity index (χ1) is 6.81. The van der Waals surface area contributed by atoms with E-state index in [1.54, 1.807) is 0 Å². The van der Waals surface area contributed by atoms with Gasteiger partial charge in [-0.3, -0.25) is 4.79 Å². The summed E-state index contributed by atoms with van der Waals surface area (Å²) in [6, 6.07) is 6.01. The third-order valence-corrected chi connectivity index (χ3v) is 3.86. The molecule has 0 saturated carbocycles. The van der Waals surface area contributed by atoms with Crippen LogP contribution in [0.4, 0.5) is 0 Å². The van der Waals surface area contributed by atoms with Gasteiger partial charge in [0.05, 0.1) is 5.75 Å². The van der Waals surface area contributed by atoms with Crippen LogP contribution in [-0.2, 0) is 6.42 Å². The number of aryl methyl sites for hydroxylation is 1. The van der Waals surface area contributed by atoms with Crippen LogP contribution in [0.3, 0.4) is 0 Å². The highest BCUT2D eigenvalue weighted by molar-refractivity contribution is 7.99. The Kier molecular flexibility index (Phi) is 3.19. The summed E-state index contributed by atoms with van der Waals surface area (Å²) in [5, 5.41) is 0.